The number of benzene rings is 1. The smallest absolute Gasteiger partial charge is 0.161 e. The first-order valence-electron chi connectivity index (χ1n) is 5.54. The number of aromatic nitrogens is 3. The maximum atomic E-state index is 13.3. The molecule has 0 aliphatic rings. The molecule has 96 valence electrons. The Kier molecular flexibility index (Phi) is 3.02. The van der Waals surface area contributed by atoms with E-state index in [2.05, 4.69) is 25.9 Å². The second kappa shape index (κ2) is 4.70. The highest BCUT2D eigenvalue weighted by atomic mass is 79.9. The average molecular weight is 324 g/mol. The molecule has 6 heteroatoms. The Morgan fingerprint density at radius 1 is 1.11 bits per heavy atom. The van der Waals surface area contributed by atoms with Gasteiger partial charge in [0.2, 0.25) is 0 Å². The second-order valence-corrected chi connectivity index (χ2v) is 5.01. The van der Waals surface area contributed by atoms with Crippen LogP contribution >= 0.6 is 15.9 Å². The molecular weight excluding hydrogens is 316 g/mol. The molecule has 0 amide bonds. The number of nitrogens with zero attached hydrogens (tertiary/aromatic N) is 3. The standard InChI is InChI=1S/C13H8BrF2N3/c14-8-1-2-9(17-5-8)6-19-7-18-12-3-10(15)11(16)4-13(12)19/h1-5,7H,6H2. The fourth-order valence-electron chi connectivity index (χ4n) is 1.85. The number of imidazole rings is 1. The van der Waals surface area contributed by atoms with Crippen LogP contribution in [0.2, 0.25) is 0 Å². The van der Waals surface area contributed by atoms with Gasteiger partial charge < -0.3 is 4.57 Å². The molecular formula is C13H8BrF2N3. The molecule has 0 spiro atoms. The van der Waals surface area contributed by atoms with Crippen molar-refractivity contribution in [2.24, 2.45) is 0 Å². The van der Waals surface area contributed by atoms with Crippen LogP contribution in [0, 0.1) is 11.6 Å². The van der Waals surface area contributed by atoms with Crippen LogP contribution in [0.3, 0.4) is 0 Å². The van der Waals surface area contributed by atoms with E-state index in [1.165, 1.54) is 0 Å². The summed E-state index contributed by atoms with van der Waals surface area (Å²) < 4.78 is 29.0. The molecule has 3 nitrogen and oxygen atoms in total. The lowest BCUT2D eigenvalue weighted by molar-refractivity contribution is 0.510. The van der Waals surface area contributed by atoms with Gasteiger partial charge in [-0.15, -0.1) is 0 Å². The minimum atomic E-state index is -0.889. The van der Waals surface area contributed by atoms with Crippen molar-refractivity contribution in [3.63, 3.8) is 0 Å². The topological polar surface area (TPSA) is 30.7 Å². The van der Waals surface area contributed by atoms with E-state index in [-0.39, 0.29) is 0 Å². The summed E-state index contributed by atoms with van der Waals surface area (Å²) in [6.07, 6.45) is 3.24. The summed E-state index contributed by atoms with van der Waals surface area (Å²) in [5, 5.41) is 0. The van der Waals surface area contributed by atoms with Crippen molar-refractivity contribution in [3.8, 4) is 0 Å². The third kappa shape index (κ3) is 2.35. The first-order valence-corrected chi connectivity index (χ1v) is 6.33. The summed E-state index contributed by atoms with van der Waals surface area (Å²) in [5.74, 6) is -1.77. The van der Waals surface area contributed by atoms with Gasteiger partial charge in [-0.05, 0) is 28.1 Å². The van der Waals surface area contributed by atoms with Crippen molar-refractivity contribution in [1.82, 2.24) is 14.5 Å². The minimum absolute atomic E-state index is 0.427. The molecule has 3 aromatic rings. The first kappa shape index (κ1) is 12.2. The monoisotopic (exact) mass is 323 g/mol. The molecule has 2 aromatic heterocycles. The Morgan fingerprint density at radius 2 is 1.89 bits per heavy atom. The molecule has 0 fully saturated rings. The van der Waals surface area contributed by atoms with Crippen molar-refractivity contribution in [2.75, 3.05) is 0 Å². The van der Waals surface area contributed by atoms with Crippen molar-refractivity contribution in [1.29, 1.82) is 0 Å². The minimum Gasteiger partial charge on any atom is -0.324 e. The molecule has 0 N–H and O–H groups in total. The van der Waals surface area contributed by atoms with Gasteiger partial charge >= 0.3 is 0 Å². The molecule has 2 heterocycles. The second-order valence-electron chi connectivity index (χ2n) is 4.10. The highest BCUT2D eigenvalue weighted by Crippen LogP contribution is 2.18. The van der Waals surface area contributed by atoms with Crippen LogP contribution in [0.4, 0.5) is 8.78 Å². The van der Waals surface area contributed by atoms with Crippen LogP contribution < -0.4 is 0 Å². The highest BCUT2D eigenvalue weighted by Gasteiger charge is 2.09. The lowest BCUT2D eigenvalue weighted by Crippen LogP contribution is -2.00. The lowest BCUT2D eigenvalue weighted by atomic mass is 10.3. The summed E-state index contributed by atoms with van der Waals surface area (Å²) in [7, 11) is 0. The van der Waals surface area contributed by atoms with E-state index in [1.54, 1.807) is 17.1 Å². The average Bonchev–Trinajstić information content (AvgIpc) is 2.76. The summed E-state index contributed by atoms with van der Waals surface area (Å²) in [5.41, 5.74) is 1.78. The van der Waals surface area contributed by atoms with E-state index in [9.17, 15) is 8.78 Å². The predicted octanol–water partition coefficient (Wildman–Crippen LogP) is 3.52. The normalized spacial score (nSPS) is 11.1. The molecule has 0 unspecified atom stereocenters. The third-order valence-corrected chi connectivity index (χ3v) is 3.25. The maximum Gasteiger partial charge on any atom is 0.161 e. The van der Waals surface area contributed by atoms with E-state index >= 15 is 0 Å². The van der Waals surface area contributed by atoms with E-state index in [1.807, 2.05) is 12.1 Å². The number of rotatable bonds is 2. The molecule has 3 rings (SSSR count). The zero-order valence-electron chi connectivity index (χ0n) is 9.65. The van der Waals surface area contributed by atoms with Gasteiger partial charge in [-0.2, -0.15) is 0 Å². The van der Waals surface area contributed by atoms with Gasteiger partial charge in [-0.1, -0.05) is 0 Å². The fourth-order valence-corrected chi connectivity index (χ4v) is 2.09. The van der Waals surface area contributed by atoms with E-state index in [0.717, 1.165) is 22.3 Å². The van der Waals surface area contributed by atoms with Crippen LogP contribution in [-0.4, -0.2) is 14.5 Å². The molecule has 0 aliphatic heterocycles. The molecule has 1 aromatic carbocycles. The van der Waals surface area contributed by atoms with Crippen molar-refractivity contribution in [3.05, 3.63) is 58.6 Å². The number of fused-ring (bicyclic) bond motifs is 1. The SMILES string of the molecule is Fc1cc2ncn(Cc3ccc(Br)cn3)c2cc1F. The van der Waals surface area contributed by atoms with Crippen molar-refractivity contribution < 1.29 is 8.78 Å². The summed E-state index contributed by atoms with van der Waals surface area (Å²) in [6.45, 7) is 0.453. The number of hydrogen-bond acceptors (Lipinski definition) is 2. The molecule has 0 atom stereocenters. The van der Waals surface area contributed by atoms with Gasteiger partial charge in [-0.25, -0.2) is 13.8 Å². The summed E-state index contributed by atoms with van der Waals surface area (Å²) >= 11 is 3.31. The summed E-state index contributed by atoms with van der Waals surface area (Å²) in [6, 6.07) is 5.98. The fraction of sp³-hybridized carbons (Fsp3) is 0.0769. The molecule has 0 bridgehead atoms. The Hall–Kier alpha value is -1.82. The largest absolute Gasteiger partial charge is 0.324 e. The van der Waals surface area contributed by atoms with Crippen LogP contribution in [0.15, 0.2) is 41.3 Å². The quantitative estimate of drug-likeness (QED) is 0.722. The van der Waals surface area contributed by atoms with Crippen LogP contribution in [0.1, 0.15) is 5.69 Å². The van der Waals surface area contributed by atoms with Crippen molar-refractivity contribution >= 4 is 27.0 Å². The van der Waals surface area contributed by atoms with Crippen LogP contribution in [-0.2, 0) is 6.54 Å². The van der Waals surface area contributed by atoms with E-state index in [0.29, 0.717) is 17.6 Å². The Labute approximate surface area is 116 Å². The number of pyridine rings is 1. The molecule has 0 radical (unpaired) electrons. The Balaban J connectivity index is 2.01. The lowest BCUT2D eigenvalue weighted by Gasteiger charge is -2.04. The summed E-state index contributed by atoms with van der Waals surface area (Å²) in [4.78, 5) is 8.29. The first-order chi connectivity index (χ1) is 9.13. The molecule has 0 saturated heterocycles. The zero-order valence-corrected chi connectivity index (χ0v) is 11.2. The van der Waals surface area contributed by atoms with Crippen LogP contribution in [0.5, 0.6) is 0 Å². The Bertz CT molecular complexity index is 737. The van der Waals surface area contributed by atoms with Gasteiger partial charge in [0.15, 0.2) is 11.6 Å². The third-order valence-electron chi connectivity index (χ3n) is 2.78. The number of hydrogen-bond donors (Lipinski definition) is 0. The van der Waals surface area contributed by atoms with Crippen molar-refractivity contribution in [2.45, 2.75) is 6.54 Å². The zero-order chi connectivity index (χ0) is 13.4. The predicted molar refractivity (Wildman–Crippen MR) is 70.7 cm³/mol. The van der Waals surface area contributed by atoms with Gasteiger partial charge in [0.05, 0.1) is 29.6 Å². The molecule has 0 aliphatic carbocycles. The molecule has 19 heavy (non-hydrogen) atoms. The van der Waals surface area contributed by atoms with E-state index in [4.69, 9.17) is 0 Å². The van der Waals surface area contributed by atoms with Gasteiger partial charge in [0.1, 0.15) is 0 Å². The Morgan fingerprint density at radius 3 is 2.63 bits per heavy atom. The highest BCUT2D eigenvalue weighted by molar-refractivity contribution is 9.10. The maximum absolute atomic E-state index is 13.3. The van der Waals surface area contributed by atoms with E-state index < -0.39 is 11.6 Å². The van der Waals surface area contributed by atoms with Gasteiger partial charge in [-0.3, -0.25) is 4.98 Å². The molecule has 0 saturated carbocycles. The number of halogens is 3. The van der Waals surface area contributed by atoms with Gasteiger partial charge in [0, 0.05) is 22.8 Å². The van der Waals surface area contributed by atoms with Gasteiger partial charge in [0.25, 0.3) is 0 Å². The van der Waals surface area contributed by atoms with Crippen LogP contribution in [0.25, 0.3) is 11.0 Å².